The lowest BCUT2D eigenvalue weighted by atomic mass is 9.96. The van der Waals surface area contributed by atoms with Crippen LogP contribution in [0.3, 0.4) is 0 Å². The van der Waals surface area contributed by atoms with Crippen molar-refractivity contribution in [2.45, 2.75) is 26.7 Å². The monoisotopic (exact) mass is 292 g/mol. The third-order valence-electron chi connectivity index (χ3n) is 3.30. The van der Waals surface area contributed by atoms with Gasteiger partial charge in [-0.25, -0.2) is 4.68 Å². The molecule has 0 bridgehead atoms. The van der Waals surface area contributed by atoms with Gasteiger partial charge in [0, 0.05) is 6.20 Å². The second kappa shape index (κ2) is 6.09. The highest BCUT2D eigenvalue weighted by molar-refractivity contribution is 6.30. The molecular formula is C15H17ClN2O2. The Hall–Kier alpha value is -1.81. The van der Waals surface area contributed by atoms with Crippen molar-refractivity contribution in [3.8, 4) is 5.69 Å². The number of hydrogen-bond donors (Lipinski definition) is 0. The minimum atomic E-state index is -0.224. The van der Waals surface area contributed by atoms with E-state index in [0.717, 1.165) is 28.8 Å². The number of hydrogen-bond acceptors (Lipinski definition) is 3. The predicted octanol–water partition coefficient (Wildman–Crippen LogP) is 3.11. The lowest BCUT2D eigenvalue weighted by molar-refractivity contribution is -0.139. The summed E-state index contributed by atoms with van der Waals surface area (Å²) in [5, 5.41) is 4.80. The second-order valence-electron chi connectivity index (χ2n) is 4.61. The fraction of sp³-hybridized carbons (Fsp3) is 0.333. The molecule has 0 saturated carbocycles. The zero-order valence-electron chi connectivity index (χ0n) is 11.8. The number of aryl methyl sites for hydroxylation is 2. The third kappa shape index (κ3) is 3.02. The summed E-state index contributed by atoms with van der Waals surface area (Å²) in [7, 11) is 1.41. The van der Waals surface area contributed by atoms with E-state index in [2.05, 4.69) is 12.0 Å². The summed E-state index contributed by atoms with van der Waals surface area (Å²) < 4.78 is 6.49. The Balaban J connectivity index is 2.44. The number of aromatic nitrogens is 2. The van der Waals surface area contributed by atoms with Crippen LogP contribution in [0.1, 0.15) is 23.6 Å². The van der Waals surface area contributed by atoms with E-state index in [1.165, 1.54) is 7.11 Å². The van der Waals surface area contributed by atoms with Crippen molar-refractivity contribution in [2.24, 2.45) is 0 Å². The van der Waals surface area contributed by atoms with E-state index in [0.29, 0.717) is 11.4 Å². The lowest BCUT2D eigenvalue weighted by Gasteiger charge is -2.13. The Labute approximate surface area is 123 Å². The van der Waals surface area contributed by atoms with Crippen molar-refractivity contribution in [1.82, 2.24) is 9.78 Å². The molecule has 0 aliphatic rings. The van der Waals surface area contributed by atoms with Crippen LogP contribution in [0.2, 0.25) is 5.02 Å². The number of carbonyl (C=O) groups excluding carboxylic acids is 1. The molecule has 0 amide bonds. The number of nitrogens with zero attached hydrogens (tertiary/aromatic N) is 2. The van der Waals surface area contributed by atoms with Crippen LogP contribution in [-0.4, -0.2) is 22.9 Å². The van der Waals surface area contributed by atoms with E-state index in [1.807, 2.05) is 19.1 Å². The van der Waals surface area contributed by atoms with Crippen molar-refractivity contribution in [3.63, 3.8) is 0 Å². The fourth-order valence-electron chi connectivity index (χ4n) is 2.23. The number of benzene rings is 1. The molecule has 0 aliphatic carbocycles. The number of carbonyl (C=O) groups is 1. The van der Waals surface area contributed by atoms with Gasteiger partial charge in [0.25, 0.3) is 0 Å². The summed E-state index contributed by atoms with van der Waals surface area (Å²) in [5.74, 6) is -0.224. The number of esters is 1. The first-order valence-corrected chi connectivity index (χ1v) is 6.82. The molecule has 1 heterocycles. The van der Waals surface area contributed by atoms with Crippen LogP contribution in [-0.2, 0) is 22.4 Å². The molecular weight excluding hydrogens is 276 g/mol. The maximum atomic E-state index is 11.5. The van der Waals surface area contributed by atoms with Gasteiger partial charge in [-0.2, -0.15) is 5.10 Å². The van der Waals surface area contributed by atoms with E-state index in [4.69, 9.17) is 16.3 Å². The minimum Gasteiger partial charge on any atom is -0.469 e. The molecule has 0 aliphatic heterocycles. The van der Waals surface area contributed by atoms with Crippen molar-refractivity contribution >= 4 is 17.6 Å². The van der Waals surface area contributed by atoms with Gasteiger partial charge in [0.1, 0.15) is 0 Å². The average molecular weight is 293 g/mol. The van der Waals surface area contributed by atoms with Gasteiger partial charge < -0.3 is 4.74 Å². The Bertz CT molecular complexity index is 635. The Kier molecular flexibility index (Phi) is 4.45. The van der Waals surface area contributed by atoms with Crippen LogP contribution in [0.15, 0.2) is 24.5 Å². The standard InChI is InChI=1S/C15H17ClN2O2/c1-4-11-6-13(18-9-12(16)8-17-18)5-10(2)14(11)7-15(19)20-3/h5-6,8-9H,4,7H2,1-3H3. The molecule has 0 spiro atoms. The summed E-state index contributed by atoms with van der Waals surface area (Å²) in [6.07, 6.45) is 4.50. The molecule has 1 aromatic carbocycles. The number of rotatable bonds is 4. The highest BCUT2D eigenvalue weighted by Crippen LogP contribution is 2.22. The molecule has 1 aromatic heterocycles. The molecule has 0 fully saturated rings. The zero-order chi connectivity index (χ0) is 14.7. The fourth-order valence-corrected chi connectivity index (χ4v) is 2.36. The summed E-state index contributed by atoms with van der Waals surface area (Å²) in [6, 6.07) is 4.04. The van der Waals surface area contributed by atoms with Gasteiger partial charge in [-0.1, -0.05) is 18.5 Å². The average Bonchev–Trinajstić information content (AvgIpc) is 2.87. The Morgan fingerprint density at radius 1 is 1.45 bits per heavy atom. The maximum absolute atomic E-state index is 11.5. The van der Waals surface area contributed by atoms with Crippen LogP contribution >= 0.6 is 11.6 Å². The lowest BCUT2D eigenvalue weighted by Crippen LogP contribution is -2.09. The Morgan fingerprint density at radius 3 is 2.75 bits per heavy atom. The van der Waals surface area contributed by atoms with Crippen molar-refractivity contribution in [2.75, 3.05) is 7.11 Å². The van der Waals surface area contributed by atoms with E-state index >= 15 is 0 Å². The molecule has 0 atom stereocenters. The van der Waals surface area contributed by atoms with Crippen molar-refractivity contribution in [3.05, 3.63) is 46.2 Å². The second-order valence-corrected chi connectivity index (χ2v) is 5.05. The molecule has 5 heteroatoms. The van der Waals surface area contributed by atoms with E-state index < -0.39 is 0 Å². The largest absolute Gasteiger partial charge is 0.469 e. The van der Waals surface area contributed by atoms with E-state index in [1.54, 1.807) is 17.1 Å². The molecule has 4 nitrogen and oxygen atoms in total. The van der Waals surface area contributed by atoms with Gasteiger partial charge in [0.15, 0.2) is 0 Å². The van der Waals surface area contributed by atoms with Crippen molar-refractivity contribution in [1.29, 1.82) is 0 Å². The highest BCUT2D eigenvalue weighted by Gasteiger charge is 2.12. The van der Waals surface area contributed by atoms with Gasteiger partial charge in [-0.3, -0.25) is 4.79 Å². The quantitative estimate of drug-likeness (QED) is 0.813. The predicted molar refractivity (Wildman–Crippen MR) is 78.4 cm³/mol. The first-order chi connectivity index (χ1) is 9.55. The van der Waals surface area contributed by atoms with Gasteiger partial charge in [-0.15, -0.1) is 0 Å². The molecule has 2 rings (SSSR count). The van der Waals surface area contributed by atoms with E-state index in [-0.39, 0.29) is 5.97 Å². The molecule has 0 radical (unpaired) electrons. The Morgan fingerprint density at radius 2 is 2.20 bits per heavy atom. The van der Waals surface area contributed by atoms with Crippen LogP contribution in [0.5, 0.6) is 0 Å². The van der Waals surface area contributed by atoms with Crippen LogP contribution in [0.25, 0.3) is 5.69 Å². The van der Waals surface area contributed by atoms with Crippen LogP contribution in [0.4, 0.5) is 0 Å². The van der Waals surface area contributed by atoms with Crippen molar-refractivity contribution < 1.29 is 9.53 Å². The summed E-state index contributed by atoms with van der Waals surface area (Å²) in [6.45, 7) is 4.06. The first-order valence-electron chi connectivity index (χ1n) is 6.45. The summed E-state index contributed by atoms with van der Waals surface area (Å²) >= 11 is 5.90. The van der Waals surface area contributed by atoms with Crippen LogP contribution in [0, 0.1) is 6.92 Å². The van der Waals surface area contributed by atoms with Gasteiger partial charge in [0.2, 0.25) is 0 Å². The number of ether oxygens (including phenoxy) is 1. The third-order valence-corrected chi connectivity index (χ3v) is 3.49. The SMILES string of the molecule is CCc1cc(-n2cc(Cl)cn2)cc(C)c1CC(=O)OC. The highest BCUT2D eigenvalue weighted by atomic mass is 35.5. The normalized spacial score (nSPS) is 10.6. The summed E-state index contributed by atoms with van der Waals surface area (Å²) in [5.41, 5.74) is 4.15. The molecule has 106 valence electrons. The van der Waals surface area contributed by atoms with Gasteiger partial charge in [0.05, 0.1) is 30.4 Å². The smallest absolute Gasteiger partial charge is 0.309 e. The summed E-state index contributed by atoms with van der Waals surface area (Å²) in [4.78, 5) is 11.5. The molecule has 20 heavy (non-hydrogen) atoms. The molecule has 0 unspecified atom stereocenters. The van der Waals surface area contributed by atoms with Crippen LogP contribution < -0.4 is 0 Å². The first kappa shape index (κ1) is 14.6. The minimum absolute atomic E-state index is 0.224. The topological polar surface area (TPSA) is 44.1 Å². The zero-order valence-corrected chi connectivity index (χ0v) is 12.6. The number of halogens is 1. The molecule has 0 saturated heterocycles. The molecule has 0 N–H and O–H groups in total. The maximum Gasteiger partial charge on any atom is 0.309 e. The van der Waals surface area contributed by atoms with Gasteiger partial charge in [-0.05, 0) is 42.2 Å². The van der Waals surface area contributed by atoms with E-state index in [9.17, 15) is 4.79 Å². The number of methoxy groups -OCH3 is 1. The molecule has 2 aromatic rings. The van der Waals surface area contributed by atoms with Gasteiger partial charge >= 0.3 is 5.97 Å².